The van der Waals surface area contributed by atoms with Gasteiger partial charge in [-0.15, -0.1) is 0 Å². The third kappa shape index (κ3) is 8.25. The van der Waals surface area contributed by atoms with Crippen LogP contribution in [0.1, 0.15) is 68.8 Å². The Bertz CT molecular complexity index is 1270. The monoisotopic (exact) mass is 616 g/mol. The third-order valence-electron chi connectivity index (χ3n) is 9.28. The van der Waals surface area contributed by atoms with Crippen molar-refractivity contribution in [3.8, 4) is 11.6 Å². The summed E-state index contributed by atoms with van der Waals surface area (Å²) in [5.74, 6) is 1.79. The summed E-state index contributed by atoms with van der Waals surface area (Å²) in [6, 6.07) is 5.03. The van der Waals surface area contributed by atoms with E-state index < -0.39 is 10.0 Å². The number of benzene rings is 1. The Morgan fingerprint density at radius 1 is 1.14 bits per heavy atom. The standard InChI is InChI=1S/C32H52N6O4S/c1-7-8-12-32(36(4)5)13-18-37(19-14-32)20-16-33-23-29-34-15-11-30(35-29)42-24-27-10-9-17-38(27)43(39,40)31-25(2)21-28(41-6)22-26(31)3/h11,15,21-22,27,33H,7-10,12-14,16-20,23-24H2,1-6H3/t27-/m0/s1. The lowest BCUT2D eigenvalue weighted by atomic mass is 9.82. The van der Waals surface area contributed by atoms with Crippen molar-refractivity contribution in [3.05, 3.63) is 41.3 Å². The topological polar surface area (TPSA) is 100 Å². The molecule has 0 spiro atoms. The molecule has 2 fully saturated rings. The van der Waals surface area contributed by atoms with Gasteiger partial charge in [-0.1, -0.05) is 19.8 Å². The van der Waals surface area contributed by atoms with Gasteiger partial charge in [0.1, 0.15) is 18.2 Å². The zero-order valence-corrected chi connectivity index (χ0v) is 27.9. The Kier molecular flexibility index (Phi) is 11.8. The number of hydrogen-bond acceptors (Lipinski definition) is 9. The highest BCUT2D eigenvalue weighted by atomic mass is 32.2. The van der Waals surface area contributed by atoms with Crippen LogP contribution < -0.4 is 14.8 Å². The number of nitrogens with one attached hydrogen (secondary N) is 1. The second kappa shape index (κ2) is 15.1. The second-order valence-electron chi connectivity index (χ2n) is 12.4. The number of piperidine rings is 1. The molecule has 2 aromatic rings. The van der Waals surface area contributed by atoms with Crippen molar-refractivity contribution < 1.29 is 17.9 Å². The van der Waals surface area contributed by atoms with Crippen molar-refractivity contribution in [3.63, 3.8) is 0 Å². The van der Waals surface area contributed by atoms with Gasteiger partial charge in [-0.05, 0) is 96.4 Å². The first-order valence-electron chi connectivity index (χ1n) is 15.8. The molecule has 0 amide bonds. The number of hydrogen-bond donors (Lipinski definition) is 1. The number of likely N-dealkylation sites (tertiary alicyclic amines) is 1. The molecule has 2 aliphatic rings. The van der Waals surface area contributed by atoms with E-state index in [1.165, 1.54) is 32.1 Å². The summed E-state index contributed by atoms with van der Waals surface area (Å²) in [5.41, 5.74) is 1.72. The first-order chi connectivity index (χ1) is 20.6. The minimum Gasteiger partial charge on any atom is -0.497 e. The highest BCUT2D eigenvalue weighted by Gasteiger charge is 2.38. The first-order valence-corrected chi connectivity index (χ1v) is 17.3. The highest BCUT2D eigenvalue weighted by molar-refractivity contribution is 7.89. The fourth-order valence-corrected chi connectivity index (χ4v) is 8.72. The Balaban J connectivity index is 1.25. The van der Waals surface area contributed by atoms with Crippen LogP contribution in [0.4, 0.5) is 0 Å². The van der Waals surface area contributed by atoms with Crippen LogP contribution in [0.3, 0.4) is 0 Å². The zero-order valence-electron chi connectivity index (χ0n) is 27.1. The summed E-state index contributed by atoms with van der Waals surface area (Å²) < 4.78 is 40.4. The van der Waals surface area contributed by atoms with Crippen molar-refractivity contribution in [1.29, 1.82) is 0 Å². The van der Waals surface area contributed by atoms with Gasteiger partial charge in [0, 0.05) is 37.4 Å². The normalized spacial score (nSPS) is 19.7. The SMILES string of the molecule is CCCCC1(N(C)C)CCN(CCNCc2nccc(OC[C@@H]3CCCN3S(=O)(=O)c3c(C)cc(OC)cc3C)n2)CC1. The molecule has 10 nitrogen and oxygen atoms in total. The van der Waals surface area contributed by atoms with Crippen LogP contribution in [0.5, 0.6) is 11.6 Å². The number of unbranched alkanes of at least 4 members (excludes halogenated alkanes) is 1. The Morgan fingerprint density at radius 3 is 2.51 bits per heavy atom. The molecule has 0 aliphatic carbocycles. The van der Waals surface area contributed by atoms with Gasteiger partial charge in [-0.3, -0.25) is 0 Å². The number of sulfonamides is 1. The van der Waals surface area contributed by atoms with Crippen molar-refractivity contribution in [2.75, 3.05) is 60.5 Å². The quantitative estimate of drug-likeness (QED) is 0.298. The van der Waals surface area contributed by atoms with Gasteiger partial charge in [-0.25, -0.2) is 13.4 Å². The molecule has 11 heteroatoms. The molecule has 43 heavy (non-hydrogen) atoms. The van der Waals surface area contributed by atoms with E-state index >= 15 is 0 Å². The minimum absolute atomic E-state index is 0.249. The Hall–Kier alpha value is -2.31. The molecule has 2 aliphatic heterocycles. The Morgan fingerprint density at radius 2 is 1.86 bits per heavy atom. The molecule has 1 N–H and O–H groups in total. The molecule has 1 aromatic carbocycles. The summed E-state index contributed by atoms with van der Waals surface area (Å²) >= 11 is 0. The van der Waals surface area contributed by atoms with Gasteiger partial charge in [0.25, 0.3) is 0 Å². The molecule has 240 valence electrons. The maximum Gasteiger partial charge on any atom is 0.243 e. The van der Waals surface area contributed by atoms with Crippen LogP contribution in [-0.4, -0.2) is 105 Å². The van der Waals surface area contributed by atoms with E-state index in [0.29, 0.717) is 52.1 Å². The molecule has 4 rings (SSSR count). The van der Waals surface area contributed by atoms with Gasteiger partial charge in [0.05, 0.1) is 24.6 Å². The van der Waals surface area contributed by atoms with Crippen LogP contribution in [0.15, 0.2) is 29.3 Å². The van der Waals surface area contributed by atoms with E-state index in [-0.39, 0.29) is 12.6 Å². The number of aryl methyl sites for hydroxylation is 2. The number of rotatable bonds is 15. The maximum atomic E-state index is 13.7. The van der Waals surface area contributed by atoms with E-state index in [4.69, 9.17) is 9.47 Å². The van der Waals surface area contributed by atoms with E-state index in [1.54, 1.807) is 35.8 Å². The molecule has 0 bridgehead atoms. The molecular formula is C32H52N6O4S. The number of ether oxygens (including phenoxy) is 2. The van der Waals surface area contributed by atoms with Gasteiger partial charge < -0.3 is 24.6 Å². The molecule has 0 unspecified atom stereocenters. The largest absolute Gasteiger partial charge is 0.497 e. The molecule has 3 heterocycles. The van der Waals surface area contributed by atoms with Crippen LogP contribution in [-0.2, 0) is 16.6 Å². The summed E-state index contributed by atoms with van der Waals surface area (Å²) in [6.45, 7) is 11.3. The first kappa shape index (κ1) is 33.6. The van der Waals surface area contributed by atoms with E-state index in [2.05, 4.69) is 46.1 Å². The molecular weight excluding hydrogens is 564 g/mol. The molecule has 2 saturated heterocycles. The van der Waals surface area contributed by atoms with Crippen molar-refractivity contribution >= 4 is 10.0 Å². The molecule has 1 atom stereocenters. The van der Waals surface area contributed by atoms with Crippen LogP contribution >= 0.6 is 0 Å². The van der Waals surface area contributed by atoms with Crippen molar-refractivity contribution in [1.82, 2.24) is 29.4 Å². The summed E-state index contributed by atoms with van der Waals surface area (Å²) in [5, 5.41) is 3.49. The van der Waals surface area contributed by atoms with Crippen LogP contribution in [0.2, 0.25) is 0 Å². The fraction of sp³-hybridized carbons (Fsp3) is 0.688. The average Bonchev–Trinajstić information content (AvgIpc) is 3.47. The smallest absolute Gasteiger partial charge is 0.243 e. The van der Waals surface area contributed by atoms with Gasteiger partial charge in [-0.2, -0.15) is 9.29 Å². The van der Waals surface area contributed by atoms with Crippen molar-refractivity contribution in [2.24, 2.45) is 0 Å². The third-order valence-corrected chi connectivity index (χ3v) is 11.5. The summed E-state index contributed by atoms with van der Waals surface area (Å²) in [7, 11) is 2.38. The summed E-state index contributed by atoms with van der Waals surface area (Å²) in [4.78, 5) is 14.4. The van der Waals surface area contributed by atoms with Gasteiger partial charge in [0.2, 0.25) is 15.9 Å². The highest BCUT2D eigenvalue weighted by Crippen LogP contribution is 2.33. The summed E-state index contributed by atoms with van der Waals surface area (Å²) in [6.07, 6.45) is 9.53. The van der Waals surface area contributed by atoms with E-state index in [9.17, 15) is 8.42 Å². The van der Waals surface area contributed by atoms with Crippen LogP contribution in [0.25, 0.3) is 0 Å². The number of nitrogens with zero attached hydrogens (tertiary/aromatic N) is 5. The lowest BCUT2D eigenvalue weighted by Gasteiger charge is -2.46. The lowest BCUT2D eigenvalue weighted by molar-refractivity contribution is 0.0477. The fourth-order valence-electron chi connectivity index (χ4n) is 6.63. The van der Waals surface area contributed by atoms with Crippen molar-refractivity contribution in [2.45, 2.75) is 88.7 Å². The van der Waals surface area contributed by atoms with E-state index in [0.717, 1.165) is 39.0 Å². The average molecular weight is 617 g/mol. The molecule has 0 radical (unpaired) electrons. The molecule has 0 saturated carbocycles. The lowest BCUT2D eigenvalue weighted by Crippen LogP contribution is -2.53. The predicted octanol–water partition coefficient (Wildman–Crippen LogP) is 4.01. The van der Waals surface area contributed by atoms with Gasteiger partial charge >= 0.3 is 0 Å². The minimum atomic E-state index is -3.68. The predicted molar refractivity (Wildman–Crippen MR) is 170 cm³/mol. The Labute approximate surface area is 259 Å². The van der Waals surface area contributed by atoms with Gasteiger partial charge in [0.15, 0.2) is 0 Å². The maximum absolute atomic E-state index is 13.7. The zero-order chi connectivity index (χ0) is 31.0. The molecule has 1 aromatic heterocycles. The van der Waals surface area contributed by atoms with Crippen LogP contribution in [0, 0.1) is 13.8 Å². The number of aromatic nitrogens is 2. The second-order valence-corrected chi connectivity index (χ2v) is 14.2. The van der Waals surface area contributed by atoms with E-state index in [1.807, 2.05) is 13.8 Å². The number of methoxy groups -OCH3 is 1.